The smallest absolute Gasteiger partial charge is 0.312 e. The van der Waals surface area contributed by atoms with Crippen LogP contribution in [0.25, 0.3) is 0 Å². The number of cyclic esters (lactones) is 1. The van der Waals surface area contributed by atoms with E-state index < -0.39 is 62.8 Å². The van der Waals surface area contributed by atoms with Crippen LogP contribution in [0.1, 0.15) is 133 Å². The monoisotopic (exact) mass is 744 g/mol. The van der Waals surface area contributed by atoms with Crippen LogP contribution in [0, 0.1) is 63.1 Å². The Hall–Kier alpha value is -2.69. The number of carbonyl (C=O) groups is 5. The molecular weight excluding hydrogens is 680 g/mol. The van der Waals surface area contributed by atoms with E-state index in [1.54, 1.807) is 69.4 Å². The number of rotatable bonds is 14. The maximum atomic E-state index is 15.0. The summed E-state index contributed by atoms with van der Waals surface area (Å²) in [6.07, 6.45) is 5.71. The standard InChI is InChI=1S/C42H64O11/c1-11-39(7,33(44)45)21-41(9,35(47)52-37(2,3)4)22-40(8,36(48)53-42-16-23-12-24(17-42)14-25(13-23)18-42)20-38(5,6)34(46)51-31-27-15-26(30(31)49-10)28-19-50-32(43)29(27)28/h23-31H,11-22H2,1-10H3,(H,44,45). The lowest BCUT2D eigenvalue weighted by Gasteiger charge is -2.56. The topological polar surface area (TPSA) is 152 Å². The molecule has 6 saturated carbocycles. The highest BCUT2D eigenvalue weighted by Crippen LogP contribution is 2.60. The molecule has 298 valence electrons. The zero-order valence-electron chi connectivity index (χ0n) is 33.7. The first kappa shape index (κ1) is 40.0. The van der Waals surface area contributed by atoms with Gasteiger partial charge in [0.1, 0.15) is 17.3 Å². The quantitative estimate of drug-likeness (QED) is 0.146. The minimum atomic E-state index is -1.44. The van der Waals surface area contributed by atoms with Crippen molar-refractivity contribution in [2.75, 3.05) is 13.7 Å². The van der Waals surface area contributed by atoms with Crippen molar-refractivity contribution in [1.82, 2.24) is 0 Å². The maximum absolute atomic E-state index is 15.0. The molecule has 7 rings (SSSR count). The molecule has 1 heterocycles. The molecule has 7 fully saturated rings. The predicted octanol–water partition coefficient (Wildman–Crippen LogP) is 6.92. The van der Waals surface area contributed by atoms with Crippen LogP contribution in [0.15, 0.2) is 0 Å². The van der Waals surface area contributed by atoms with Crippen molar-refractivity contribution in [2.24, 2.45) is 63.1 Å². The fourth-order valence-corrected chi connectivity index (χ4v) is 12.4. The highest BCUT2D eigenvalue weighted by Gasteiger charge is 2.66. The molecule has 9 unspecified atom stereocenters. The first-order chi connectivity index (χ1) is 24.5. The summed E-state index contributed by atoms with van der Waals surface area (Å²) in [6, 6.07) is 0. The summed E-state index contributed by atoms with van der Waals surface area (Å²) >= 11 is 0. The van der Waals surface area contributed by atoms with E-state index in [1.165, 1.54) is 0 Å². The second kappa shape index (κ2) is 13.5. The summed E-state index contributed by atoms with van der Waals surface area (Å²) in [7, 11) is 1.60. The lowest BCUT2D eigenvalue weighted by atomic mass is 9.54. The first-order valence-corrected chi connectivity index (χ1v) is 20.1. The van der Waals surface area contributed by atoms with Crippen LogP contribution in [0.2, 0.25) is 0 Å². The number of carbonyl (C=O) groups excluding carboxylic acids is 4. The van der Waals surface area contributed by atoms with Crippen molar-refractivity contribution in [3.63, 3.8) is 0 Å². The van der Waals surface area contributed by atoms with E-state index in [0.29, 0.717) is 30.8 Å². The Kier molecular flexibility index (Phi) is 10.2. The molecule has 6 bridgehead atoms. The Bertz CT molecular complexity index is 1460. The van der Waals surface area contributed by atoms with Gasteiger partial charge >= 0.3 is 29.8 Å². The van der Waals surface area contributed by atoms with Gasteiger partial charge in [-0.15, -0.1) is 0 Å². The van der Waals surface area contributed by atoms with Gasteiger partial charge in [-0.25, -0.2) is 0 Å². The molecule has 0 radical (unpaired) electrons. The van der Waals surface area contributed by atoms with E-state index in [0.717, 1.165) is 38.5 Å². The first-order valence-electron chi connectivity index (χ1n) is 20.1. The van der Waals surface area contributed by atoms with Gasteiger partial charge in [0.15, 0.2) is 0 Å². The largest absolute Gasteiger partial charge is 0.481 e. The molecule has 0 aromatic heterocycles. The highest BCUT2D eigenvalue weighted by molar-refractivity contribution is 5.84. The molecular formula is C42H64O11. The molecule has 1 aliphatic heterocycles. The SMILES string of the molecule is CCC(C)(CC(C)(CC(C)(CC(C)(C)C(=O)OC1C2CC(C3COC(=O)C32)C1OC)C(=O)OC12CC3CC(CC(C3)C1)C2)C(=O)OC(C)(C)C)C(=O)O. The van der Waals surface area contributed by atoms with Gasteiger partial charge in [-0.3, -0.25) is 24.0 Å². The second-order valence-corrected chi connectivity index (χ2v) is 20.7. The fraction of sp³-hybridized carbons (Fsp3) is 0.881. The number of esters is 4. The van der Waals surface area contributed by atoms with E-state index >= 15 is 0 Å². The molecule has 0 aromatic carbocycles. The Labute approximate surface area is 315 Å². The van der Waals surface area contributed by atoms with Gasteiger partial charge in [0, 0.05) is 18.9 Å². The molecule has 11 heteroatoms. The van der Waals surface area contributed by atoms with Crippen molar-refractivity contribution in [2.45, 2.75) is 156 Å². The van der Waals surface area contributed by atoms with Crippen LogP contribution in [-0.2, 0) is 47.7 Å². The lowest BCUT2D eigenvalue weighted by molar-refractivity contribution is -0.203. The van der Waals surface area contributed by atoms with Gasteiger partial charge in [-0.2, -0.15) is 0 Å². The normalized spacial score (nSPS) is 37.5. The number of fused-ring (bicyclic) bond motifs is 5. The van der Waals surface area contributed by atoms with Crippen molar-refractivity contribution < 1.29 is 52.8 Å². The Morgan fingerprint density at radius 1 is 0.736 bits per heavy atom. The van der Waals surface area contributed by atoms with Gasteiger partial charge in [-0.05, 0) is 150 Å². The minimum Gasteiger partial charge on any atom is -0.481 e. The third-order valence-electron chi connectivity index (χ3n) is 14.3. The Balaban J connectivity index is 1.32. The number of carboxylic acids is 1. The number of methoxy groups -OCH3 is 1. The van der Waals surface area contributed by atoms with E-state index in [2.05, 4.69) is 0 Å². The van der Waals surface area contributed by atoms with Crippen LogP contribution in [0.4, 0.5) is 0 Å². The summed E-state index contributed by atoms with van der Waals surface area (Å²) in [6.45, 7) is 16.0. The van der Waals surface area contributed by atoms with E-state index in [1.807, 2.05) is 0 Å². The van der Waals surface area contributed by atoms with Crippen LogP contribution in [-0.4, -0.2) is 72.1 Å². The summed E-state index contributed by atoms with van der Waals surface area (Å²) in [5, 5.41) is 10.4. The third kappa shape index (κ3) is 7.38. The molecule has 7 aliphatic rings. The predicted molar refractivity (Wildman–Crippen MR) is 193 cm³/mol. The van der Waals surface area contributed by atoms with Crippen molar-refractivity contribution >= 4 is 29.8 Å². The molecule has 9 atom stereocenters. The molecule has 0 aromatic rings. The maximum Gasteiger partial charge on any atom is 0.312 e. The van der Waals surface area contributed by atoms with E-state index in [4.69, 9.17) is 23.7 Å². The molecule has 1 saturated heterocycles. The van der Waals surface area contributed by atoms with E-state index in [9.17, 15) is 29.1 Å². The number of ether oxygens (including phenoxy) is 5. The van der Waals surface area contributed by atoms with E-state index in [-0.39, 0.29) is 61.4 Å². The zero-order valence-corrected chi connectivity index (χ0v) is 33.7. The molecule has 11 nitrogen and oxygen atoms in total. The Morgan fingerprint density at radius 3 is 1.79 bits per heavy atom. The second-order valence-electron chi connectivity index (χ2n) is 20.7. The summed E-state index contributed by atoms with van der Waals surface area (Å²) in [4.78, 5) is 69.1. The van der Waals surface area contributed by atoms with Gasteiger partial charge in [0.25, 0.3) is 0 Å². The molecule has 6 aliphatic carbocycles. The van der Waals surface area contributed by atoms with Crippen molar-refractivity contribution in [1.29, 1.82) is 0 Å². The summed E-state index contributed by atoms with van der Waals surface area (Å²) in [5.74, 6) is -1.78. The average Bonchev–Trinajstić information content (AvgIpc) is 3.70. The van der Waals surface area contributed by atoms with Gasteiger partial charge in [0.2, 0.25) is 0 Å². The van der Waals surface area contributed by atoms with Gasteiger partial charge in [-0.1, -0.05) is 6.92 Å². The van der Waals surface area contributed by atoms with Crippen LogP contribution in [0.3, 0.4) is 0 Å². The lowest BCUT2D eigenvalue weighted by Crippen LogP contribution is -2.55. The van der Waals surface area contributed by atoms with Crippen LogP contribution < -0.4 is 0 Å². The Morgan fingerprint density at radius 2 is 1.28 bits per heavy atom. The molecule has 0 amide bonds. The third-order valence-corrected chi connectivity index (χ3v) is 14.3. The number of hydrogen-bond acceptors (Lipinski definition) is 10. The van der Waals surface area contributed by atoms with Gasteiger partial charge < -0.3 is 28.8 Å². The number of aliphatic carboxylic acids is 1. The zero-order chi connectivity index (χ0) is 39.1. The fourth-order valence-electron chi connectivity index (χ4n) is 12.4. The molecule has 0 spiro atoms. The molecule has 1 N–H and O–H groups in total. The minimum absolute atomic E-state index is 0.0229. The van der Waals surface area contributed by atoms with Crippen molar-refractivity contribution in [3.05, 3.63) is 0 Å². The van der Waals surface area contributed by atoms with Crippen LogP contribution >= 0.6 is 0 Å². The molecule has 53 heavy (non-hydrogen) atoms. The van der Waals surface area contributed by atoms with Crippen LogP contribution in [0.5, 0.6) is 0 Å². The summed E-state index contributed by atoms with van der Waals surface area (Å²) in [5.41, 5.74) is -6.84. The summed E-state index contributed by atoms with van der Waals surface area (Å²) < 4.78 is 30.3. The number of carboxylic acid groups (broad SMARTS) is 1. The highest BCUT2D eigenvalue weighted by atomic mass is 16.6. The van der Waals surface area contributed by atoms with Crippen molar-refractivity contribution in [3.8, 4) is 0 Å². The van der Waals surface area contributed by atoms with Gasteiger partial charge in [0.05, 0.1) is 40.3 Å². The number of hydrogen-bond donors (Lipinski definition) is 1. The average molecular weight is 745 g/mol.